The fourth-order valence-corrected chi connectivity index (χ4v) is 5.55. The molecule has 1 aromatic carbocycles. The molecule has 0 bridgehead atoms. The van der Waals surface area contributed by atoms with Crippen LogP contribution in [0.25, 0.3) is 23.3 Å². The Morgan fingerprint density at radius 3 is 2.27 bits per heavy atom. The predicted octanol–water partition coefficient (Wildman–Crippen LogP) is 2.06. The van der Waals surface area contributed by atoms with Crippen molar-refractivity contribution in [1.29, 1.82) is 0 Å². The Hall–Kier alpha value is -3.14. The number of hydrogen-bond acceptors (Lipinski definition) is 6. The van der Waals surface area contributed by atoms with E-state index in [0.29, 0.717) is 48.7 Å². The van der Waals surface area contributed by atoms with Gasteiger partial charge in [-0.3, -0.25) is 13.9 Å². The first-order chi connectivity index (χ1) is 15.7. The Labute approximate surface area is 191 Å². The van der Waals surface area contributed by atoms with E-state index in [1.165, 1.54) is 9.13 Å². The van der Waals surface area contributed by atoms with Crippen molar-refractivity contribution in [3.63, 3.8) is 0 Å². The van der Waals surface area contributed by atoms with Gasteiger partial charge in [0.05, 0.1) is 11.5 Å². The van der Waals surface area contributed by atoms with Crippen molar-refractivity contribution in [3.05, 3.63) is 56.5 Å². The molecule has 0 spiro atoms. The van der Waals surface area contributed by atoms with Gasteiger partial charge in [0, 0.05) is 20.1 Å². The number of hydrogen-bond donors (Lipinski definition) is 0. The van der Waals surface area contributed by atoms with E-state index in [9.17, 15) is 18.0 Å². The van der Waals surface area contributed by atoms with E-state index < -0.39 is 9.84 Å². The quantitative estimate of drug-likeness (QED) is 0.544. The molecule has 3 aromatic rings. The fourth-order valence-electron chi connectivity index (χ4n) is 4.10. The Kier molecular flexibility index (Phi) is 6.29. The van der Waals surface area contributed by atoms with Crippen molar-refractivity contribution < 1.29 is 13.2 Å². The number of nitrogens with zero attached hydrogens (tertiary/aromatic N) is 4. The standard InChI is InChI=1S/C23H28N4O5S/c1-4-26-21-20(22(28)27(5-2)23(26)29)25(3)19(24-21)11-8-16-6-9-17(10-7-16)32-18-12-14-33(30,31)15-13-18/h6-11,18H,4-5,12-15H2,1-3H3/b11-8+. The Morgan fingerprint density at radius 1 is 1.03 bits per heavy atom. The molecule has 4 rings (SSSR count). The molecular weight excluding hydrogens is 444 g/mol. The molecule has 0 unspecified atom stereocenters. The minimum atomic E-state index is -2.91. The van der Waals surface area contributed by atoms with Crippen LogP contribution in [0, 0.1) is 0 Å². The number of ether oxygens (including phenoxy) is 1. The lowest BCUT2D eigenvalue weighted by Gasteiger charge is -2.23. The van der Waals surface area contributed by atoms with E-state index in [0.717, 1.165) is 5.56 Å². The largest absolute Gasteiger partial charge is 0.490 e. The van der Waals surface area contributed by atoms with Crippen molar-refractivity contribution in [2.45, 2.75) is 45.9 Å². The average molecular weight is 473 g/mol. The third-order valence-corrected chi connectivity index (χ3v) is 7.73. The molecule has 176 valence electrons. The van der Waals surface area contributed by atoms with Gasteiger partial charge in [-0.25, -0.2) is 18.2 Å². The number of aryl methyl sites for hydroxylation is 2. The minimum Gasteiger partial charge on any atom is -0.490 e. The molecule has 0 N–H and O–H groups in total. The monoisotopic (exact) mass is 472 g/mol. The van der Waals surface area contributed by atoms with Crippen LogP contribution in [0.1, 0.15) is 38.1 Å². The van der Waals surface area contributed by atoms with Gasteiger partial charge in [0.2, 0.25) is 0 Å². The van der Waals surface area contributed by atoms with Gasteiger partial charge in [-0.2, -0.15) is 0 Å². The third kappa shape index (κ3) is 4.52. The van der Waals surface area contributed by atoms with Crippen molar-refractivity contribution >= 4 is 33.2 Å². The molecular formula is C23H28N4O5S. The maximum Gasteiger partial charge on any atom is 0.332 e. The highest BCUT2D eigenvalue weighted by atomic mass is 32.2. The van der Waals surface area contributed by atoms with Gasteiger partial charge in [0.25, 0.3) is 5.56 Å². The van der Waals surface area contributed by atoms with Crippen LogP contribution in [0.5, 0.6) is 5.75 Å². The van der Waals surface area contributed by atoms with Crippen LogP contribution >= 0.6 is 0 Å². The summed E-state index contributed by atoms with van der Waals surface area (Å²) in [6.45, 7) is 4.35. The summed E-state index contributed by atoms with van der Waals surface area (Å²) in [5.41, 5.74) is 1.01. The van der Waals surface area contributed by atoms with Crippen LogP contribution in [0.4, 0.5) is 0 Å². The van der Waals surface area contributed by atoms with E-state index in [2.05, 4.69) is 4.98 Å². The maximum atomic E-state index is 12.8. The Balaban J connectivity index is 1.56. The van der Waals surface area contributed by atoms with Gasteiger partial charge in [-0.1, -0.05) is 18.2 Å². The molecule has 2 aromatic heterocycles. The van der Waals surface area contributed by atoms with E-state index in [4.69, 9.17) is 4.74 Å². The molecule has 33 heavy (non-hydrogen) atoms. The summed E-state index contributed by atoms with van der Waals surface area (Å²) in [4.78, 5) is 30.0. The highest BCUT2D eigenvalue weighted by Gasteiger charge is 2.24. The van der Waals surface area contributed by atoms with Gasteiger partial charge in [0.15, 0.2) is 21.0 Å². The second-order valence-corrected chi connectivity index (χ2v) is 10.5. The zero-order valence-electron chi connectivity index (χ0n) is 19.0. The highest BCUT2D eigenvalue weighted by Crippen LogP contribution is 2.21. The molecule has 1 aliphatic heterocycles. The van der Waals surface area contributed by atoms with Crippen molar-refractivity contribution in [3.8, 4) is 5.75 Å². The highest BCUT2D eigenvalue weighted by molar-refractivity contribution is 7.91. The fraction of sp³-hybridized carbons (Fsp3) is 0.435. The van der Waals surface area contributed by atoms with Crippen LogP contribution in [0.2, 0.25) is 0 Å². The Morgan fingerprint density at radius 2 is 1.67 bits per heavy atom. The normalized spacial score (nSPS) is 16.6. The van der Waals surface area contributed by atoms with Crippen molar-refractivity contribution in [2.24, 2.45) is 7.05 Å². The molecule has 0 aliphatic carbocycles. The first kappa shape index (κ1) is 23.0. The summed E-state index contributed by atoms with van der Waals surface area (Å²) in [7, 11) is -1.15. The molecule has 0 radical (unpaired) electrons. The molecule has 1 saturated heterocycles. The zero-order valence-corrected chi connectivity index (χ0v) is 19.8. The SMILES string of the molecule is CCn1c(=O)c2c(nc(/C=C/c3ccc(OC4CCS(=O)(=O)CC4)cc3)n2C)n(CC)c1=O. The second-order valence-electron chi connectivity index (χ2n) is 8.15. The summed E-state index contributed by atoms with van der Waals surface area (Å²) in [6.07, 6.45) is 4.63. The number of fused-ring (bicyclic) bond motifs is 1. The summed E-state index contributed by atoms with van der Waals surface area (Å²) in [6, 6.07) is 7.51. The van der Waals surface area contributed by atoms with Gasteiger partial charge in [-0.05, 0) is 50.5 Å². The summed E-state index contributed by atoms with van der Waals surface area (Å²) in [5, 5.41) is 0. The van der Waals surface area contributed by atoms with Crippen LogP contribution < -0.4 is 16.0 Å². The lowest BCUT2D eigenvalue weighted by Crippen LogP contribution is -2.39. The molecule has 1 fully saturated rings. The van der Waals surface area contributed by atoms with Crippen LogP contribution in [0.3, 0.4) is 0 Å². The molecule has 3 heterocycles. The van der Waals surface area contributed by atoms with Crippen LogP contribution in [0.15, 0.2) is 33.9 Å². The van der Waals surface area contributed by atoms with Gasteiger partial charge in [0.1, 0.15) is 17.7 Å². The molecule has 0 atom stereocenters. The van der Waals surface area contributed by atoms with Crippen LogP contribution in [-0.2, 0) is 30.0 Å². The van der Waals surface area contributed by atoms with Gasteiger partial charge < -0.3 is 9.30 Å². The first-order valence-corrected chi connectivity index (χ1v) is 12.9. The van der Waals surface area contributed by atoms with E-state index in [1.54, 1.807) is 18.5 Å². The summed E-state index contributed by atoms with van der Waals surface area (Å²) >= 11 is 0. The third-order valence-electron chi connectivity index (χ3n) is 6.02. The van der Waals surface area contributed by atoms with Crippen LogP contribution in [-0.4, -0.2) is 44.7 Å². The predicted molar refractivity (Wildman–Crippen MR) is 128 cm³/mol. The van der Waals surface area contributed by atoms with E-state index in [1.807, 2.05) is 43.3 Å². The number of benzene rings is 1. The molecule has 9 nitrogen and oxygen atoms in total. The lowest BCUT2D eigenvalue weighted by atomic mass is 10.2. The Bertz CT molecular complexity index is 1410. The second kappa shape index (κ2) is 9.01. The molecule has 0 amide bonds. The number of imidazole rings is 1. The van der Waals surface area contributed by atoms with E-state index >= 15 is 0 Å². The minimum absolute atomic E-state index is 0.0850. The molecule has 0 saturated carbocycles. The number of aromatic nitrogens is 4. The average Bonchev–Trinajstić information content (AvgIpc) is 3.11. The first-order valence-electron chi connectivity index (χ1n) is 11.1. The maximum absolute atomic E-state index is 12.8. The van der Waals surface area contributed by atoms with E-state index in [-0.39, 0.29) is 28.9 Å². The zero-order chi connectivity index (χ0) is 23.8. The van der Waals surface area contributed by atoms with Gasteiger partial charge >= 0.3 is 5.69 Å². The lowest BCUT2D eigenvalue weighted by molar-refractivity contribution is 0.189. The van der Waals surface area contributed by atoms with Crippen molar-refractivity contribution in [1.82, 2.24) is 18.7 Å². The smallest absolute Gasteiger partial charge is 0.332 e. The number of sulfone groups is 1. The summed E-state index contributed by atoms with van der Waals surface area (Å²) in [5.74, 6) is 1.62. The number of rotatable bonds is 6. The topological polar surface area (TPSA) is 105 Å². The van der Waals surface area contributed by atoms with Gasteiger partial charge in [-0.15, -0.1) is 0 Å². The molecule has 10 heteroatoms. The van der Waals surface area contributed by atoms with Crippen molar-refractivity contribution in [2.75, 3.05) is 11.5 Å². The summed E-state index contributed by atoms with van der Waals surface area (Å²) < 4.78 is 33.5. The molecule has 1 aliphatic rings.